The van der Waals surface area contributed by atoms with Gasteiger partial charge in [0.1, 0.15) is 10.0 Å². The molecular formula is C23H17F2N3O2S2. The van der Waals surface area contributed by atoms with E-state index in [-0.39, 0.29) is 11.5 Å². The molecule has 0 unspecified atom stereocenters. The van der Waals surface area contributed by atoms with Crippen molar-refractivity contribution in [2.75, 3.05) is 11.9 Å². The highest BCUT2D eigenvalue weighted by Crippen LogP contribution is 2.45. The Morgan fingerprint density at radius 2 is 1.91 bits per heavy atom. The van der Waals surface area contributed by atoms with Crippen LogP contribution in [0.15, 0.2) is 42.5 Å². The van der Waals surface area contributed by atoms with E-state index in [9.17, 15) is 18.4 Å². The first-order chi connectivity index (χ1) is 15.4. The number of para-hydroxylation sites is 1. The molecule has 2 aromatic heterocycles. The molecule has 5 rings (SSSR count). The molecule has 0 saturated carbocycles. The van der Waals surface area contributed by atoms with E-state index in [4.69, 9.17) is 4.98 Å². The maximum absolute atomic E-state index is 13.6. The highest BCUT2D eigenvalue weighted by atomic mass is 32.1. The van der Waals surface area contributed by atoms with Crippen molar-refractivity contribution in [3.63, 3.8) is 0 Å². The van der Waals surface area contributed by atoms with Gasteiger partial charge in [-0.2, -0.15) is 0 Å². The number of thiophene rings is 1. The summed E-state index contributed by atoms with van der Waals surface area (Å²) in [4.78, 5) is 32.3. The number of nitrogens with zero attached hydrogens (tertiary/aromatic N) is 2. The number of rotatable bonds is 3. The van der Waals surface area contributed by atoms with E-state index < -0.39 is 17.5 Å². The number of nitrogens with one attached hydrogen (secondary N) is 1. The number of hydrogen-bond donors (Lipinski definition) is 1. The first-order valence-electron chi connectivity index (χ1n) is 9.93. The third kappa shape index (κ3) is 3.67. The molecule has 1 aliphatic heterocycles. The molecule has 0 fully saturated rings. The Bertz CT molecular complexity index is 1350. The molecule has 0 spiro atoms. The fourth-order valence-corrected chi connectivity index (χ4v) is 6.15. The van der Waals surface area contributed by atoms with Crippen molar-refractivity contribution in [1.82, 2.24) is 9.88 Å². The lowest BCUT2D eigenvalue weighted by Gasteiger charge is -2.26. The normalized spacial score (nSPS) is 13.3. The van der Waals surface area contributed by atoms with Crippen LogP contribution in [-0.2, 0) is 17.8 Å². The second-order valence-electron chi connectivity index (χ2n) is 7.47. The molecular weight excluding hydrogens is 452 g/mol. The first kappa shape index (κ1) is 20.7. The standard InChI is InChI=1S/C23H17F2N3O2S2/c1-12(29)28-9-8-14-19(11-28)32-23(27-21(30)13-6-7-15(24)16(25)10-13)20(14)22-26-17-4-2-3-5-18(17)31-22/h2-7,10H,8-9,11H2,1H3,(H,27,30). The number of thiazole rings is 1. The highest BCUT2D eigenvalue weighted by molar-refractivity contribution is 7.23. The van der Waals surface area contributed by atoms with Crippen LogP contribution in [0.3, 0.4) is 0 Å². The summed E-state index contributed by atoms with van der Waals surface area (Å²) >= 11 is 2.92. The van der Waals surface area contributed by atoms with Gasteiger partial charge in [0.2, 0.25) is 5.91 Å². The van der Waals surface area contributed by atoms with Gasteiger partial charge in [0.15, 0.2) is 11.6 Å². The molecule has 1 N–H and O–H groups in total. The Morgan fingerprint density at radius 1 is 1.09 bits per heavy atom. The molecule has 0 bridgehead atoms. The Labute approximate surface area is 190 Å². The Kier molecular flexibility index (Phi) is 5.22. The lowest BCUT2D eigenvalue weighted by Crippen LogP contribution is -2.33. The summed E-state index contributed by atoms with van der Waals surface area (Å²) < 4.78 is 28.0. The van der Waals surface area contributed by atoms with Crippen LogP contribution in [0.4, 0.5) is 13.8 Å². The van der Waals surface area contributed by atoms with Crippen LogP contribution in [0.5, 0.6) is 0 Å². The predicted octanol–water partition coefficient (Wildman–Crippen LogP) is 5.46. The number of carbonyl (C=O) groups excluding carboxylic acids is 2. The fraction of sp³-hybridized carbons (Fsp3) is 0.174. The number of amides is 2. The molecule has 0 aliphatic carbocycles. The van der Waals surface area contributed by atoms with E-state index in [0.717, 1.165) is 43.4 Å². The van der Waals surface area contributed by atoms with Crippen molar-refractivity contribution >= 4 is 49.7 Å². The number of anilines is 1. The third-order valence-electron chi connectivity index (χ3n) is 5.42. The summed E-state index contributed by atoms with van der Waals surface area (Å²) in [6.45, 7) is 2.60. The quantitative estimate of drug-likeness (QED) is 0.433. The van der Waals surface area contributed by atoms with E-state index in [1.165, 1.54) is 28.7 Å². The number of fused-ring (bicyclic) bond motifs is 2. The van der Waals surface area contributed by atoms with Crippen LogP contribution < -0.4 is 5.32 Å². The number of benzene rings is 2. The molecule has 9 heteroatoms. The second-order valence-corrected chi connectivity index (χ2v) is 9.60. The number of aromatic nitrogens is 1. The van der Waals surface area contributed by atoms with Crippen LogP contribution in [0.25, 0.3) is 20.8 Å². The van der Waals surface area contributed by atoms with E-state index in [2.05, 4.69) is 5.32 Å². The van der Waals surface area contributed by atoms with E-state index in [1.54, 1.807) is 11.8 Å². The predicted molar refractivity (Wildman–Crippen MR) is 122 cm³/mol. The third-order valence-corrected chi connectivity index (χ3v) is 7.60. The Morgan fingerprint density at radius 3 is 2.66 bits per heavy atom. The smallest absolute Gasteiger partial charge is 0.256 e. The lowest BCUT2D eigenvalue weighted by molar-refractivity contribution is -0.129. The Balaban J connectivity index is 1.58. The minimum Gasteiger partial charge on any atom is -0.337 e. The average Bonchev–Trinajstić information content (AvgIpc) is 3.35. The maximum Gasteiger partial charge on any atom is 0.256 e. The summed E-state index contributed by atoms with van der Waals surface area (Å²) in [5, 5.41) is 4.24. The Hall–Kier alpha value is -3.17. The topological polar surface area (TPSA) is 62.3 Å². The summed E-state index contributed by atoms with van der Waals surface area (Å²) in [6.07, 6.45) is 0.651. The number of halogens is 2. The summed E-state index contributed by atoms with van der Waals surface area (Å²) in [5.74, 6) is -2.62. The zero-order valence-corrected chi connectivity index (χ0v) is 18.6. The first-order valence-corrected chi connectivity index (χ1v) is 11.6. The molecule has 2 amide bonds. The van der Waals surface area contributed by atoms with Crippen molar-refractivity contribution in [2.45, 2.75) is 19.9 Å². The van der Waals surface area contributed by atoms with E-state index >= 15 is 0 Å². The molecule has 1 aliphatic rings. The molecule has 0 radical (unpaired) electrons. The monoisotopic (exact) mass is 469 g/mol. The van der Waals surface area contributed by atoms with Gasteiger partial charge < -0.3 is 10.2 Å². The van der Waals surface area contributed by atoms with E-state index in [0.29, 0.717) is 24.5 Å². The largest absolute Gasteiger partial charge is 0.337 e. The van der Waals surface area contributed by atoms with Crippen molar-refractivity contribution < 1.29 is 18.4 Å². The fourth-order valence-electron chi connectivity index (χ4n) is 3.78. The number of hydrogen-bond acceptors (Lipinski definition) is 5. The van der Waals surface area contributed by atoms with Crippen LogP contribution in [0, 0.1) is 11.6 Å². The van der Waals surface area contributed by atoms with Crippen molar-refractivity contribution in [2.24, 2.45) is 0 Å². The number of carbonyl (C=O) groups is 2. The van der Waals surface area contributed by atoms with Crippen LogP contribution in [-0.4, -0.2) is 28.2 Å². The van der Waals surface area contributed by atoms with Gasteiger partial charge in [-0.1, -0.05) is 12.1 Å². The van der Waals surface area contributed by atoms with E-state index in [1.807, 2.05) is 24.3 Å². The minimum atomic E-state index is -1.08. The molecule has 32 heavy (non-hydrogen) atoms. The van der Waals surface area contributed by atoms with Crippen LogP contribution >= 0.6 is 22.7 Å². The van der Waals surface area contributed by atoms with Crippen LogP contribution in [0.1, 0.15) is 27.7 Å². The second kappa shape index (κ2) is 8.07. The molecule has 162 valence electrons. The van der Waals surface area contributed by atoms with Gasteiger partial charge in [-0.3, -0.25) is 9.59 Å². The zero-order chi connectivity index (χ0) is 22.4. The van der Waals surface area contributed by atoms with Gasteiger partial charge in [0, 0.05) is 29.5 Å². The zero-order valence-electron chi connectivity index (χ0n) is 16.9. The summed E-state index contributed by atoms with van der Waals surface area (Å²) in [5.41, 5.74) is 2.79. The molecule has 4 aromatic rings. The molecule has 0 saturated heterocycles. The van der Waals surface area contributed by atoms with Crippen molar-refractivity contribution in [3.8, 4) is 10.6 Å². The summed E-state index contributed by atoms with van der Waals surface area (Å²) in [6, 6.07) is 10.9. The molecule has 5 nitrogen and oxygen atoms in total. The van der Waals surface area contributed by atoms with Crippen molar-refractivity contribution in [3.05, 3.63) is 70.1 Å². The van der Waals surface area contributed by atoms with Gasteiger partial charge in [-0.15, -0.1) is 22.7 Å². The molecule has 3 heterocycles. The SMILES string of the molecule is CC(=O)N1CCc2c(sc(NC(=O)c3ccc(F)c(F)c3)c2-c2nc3ccccc3s2)C1. The maximum atomic E-state index is 13.6. The van der Waals surface area contributed by atoms with Gasteiger partial charge in [0.05, 0.1) is 16.8 Å². The van der Waals surface area contributed by atoms with Gasteiger partial charge >= 0.3 is 0 Å². The van der Waals surface area contributed by atoms with Gasteiger partial charge in [-0.05, 0) is 42.3 Å². The molecule has 2 aromatic carbocycles. The average molecular weight is 470 g/mol. The highest BCUT2D eigenvalue weighted by Gasteiger charge is 2.28. The lowest BCUT2D eigenvalue weighted by atomic mass is 10.0. The van der Waals surface area contributed by atoms with Gasteiger partial charge in [0.25, 0.3) is 5.91 Å². The summed E-state index contributed by atoms with van der Waals surface area (Å²) in [7, 11) is 0. The van der Waals surface area contributed by atoms with Crippen LogP contribution in [0.2, 0.25) is 0 Å². The minimum absolute atomic E-state index is 0.00189. The van der Waals surface area contributed by atoms with Gasteiger partial charge in [-0.25, -0.2) is 13.8 Å². The molecule has 0 atom stereocenters. The van der Waals surface area contributed by atoms with Crippen molar-refractivity contribution in [1.29, 1.82) is 0 Å².